The van der Waals surface area contributed by atoms with Crippen LogP contribution in [0.3, 0.4) is 0 Å². The van der Waals surface area contributed by atoms with E-state index >= 15 is 0 Å². The molecule has 0 spiro atoms. The fourth-order valence-corrected chi connectivity index (χ4v) is 2.04. The van der Waals surface area contributed by atoms with Crippen molar-refractivity contribution in [3.63, 3.8) is 0 Å². The van der Waals surface area contributed by atoms with E-state index in [2.05, 4.69) is 25.1 Å². The van der Waals surface area contributed by atoms with Gasteiger partial charge in [-0.3, -0.25) is 4.79 Å². The van der Waals surface area contributed by atoms with E-state index in [0.717, 1.165) is 11.1 Å². The smallest absolute Gasteiger partial charge is 0.227 e. The van der Waals surface area contributed by atoms with Crippen molar-refractivity contribution in [3.05, 3.63) is 42.0 Å². The van der Waals surface area contributed by atoms with Gasteiger partial charge < -0.3 is 4.90 Å². The molecular weight excluding hydrogens is 236 g/mol. The number of hydrogen-bond donors (Lipinski definition) is 0. The molecular formula is C16H16N2O. The molecule has 3 nitrogen and oxygen atoms in total. The van der Waals surface area contributed by atoms with Crippen molar-refractivity contribution in [2.24, 2.45) is 0 Å². The summed E-state index contributed by atoms with van der Waals surface area (Å²) in [6, 6.07) is 14.2. The zero-order valence-corrected chi connectivity index (χ0v) is 11.2. The third-order valence-electron chi connectivity index (χ3n) is 3.19. The average Bonchev–Trinajstić information content (AvgIpc) is 2.43. The Balaban J connectivity index is 2.28. The highest BCUT2D eigenvalue weighted by Crippen LogP contribution is 2.23. The van der Waals surface area contributed by atoms with Crippen molar-refractivity contribution in [2.45, 2.75) is 19.8 Å². The van der Waals surface area contributed by atoms with Crippen molar-refractivity contribution in [3.8, 4) is 6.07 Å². The average molecular weight is 252 g/mol. The van der Waals surface area contributed by atoms with Crippen LogP contribution in [-0.4, -0.2) is 13.0 Å². The van der Waals surface area contributed by atoms with E-state index in [4.69, 9.17) is 5.26 Å². The number of hydrogen-bond acceptors (Lipinski definition) is 2. The minimum Gasteiger partial charge on any atom is -0.315 e. The third-order valence-corrected chi connectivity index (χ3v) is 3.19. The van der Waals surface area contributed by atoms with Gasteiger partial charge in [0.05, 0.1) is 6.07 Å². The van der Waals surface area contributed by atoms with Crippen LogP contribution in [0.4, 0.5) is 5.69 Å². The maximum Gasteiger partial charge on any atom is 0.227 e. The minimum absolute atomic E-state index is 0.0342. The number of nitrogens with zero attached hydrogens (tertiary/aromatic N) is 2. The molecule has 0 bridgehead atoms. The number of aryl methyl sites for hydroxylation is 1. The van der Waals surface area contributed by atoms with Crippen LogP contribution in [0.2, 0.25) is 0 Å². The van der Waals surface area contributed by atoms with E-state index < -0.39 is 0 Å². The zero-order chi connectivity index (χ0) is 13.8. The number of fused-ring (bicyclic) bond motifs is 1. The van der Waals surface area contributed by atoms with Crippen molar-refractivity contribution in [1.82, 2.24) is 0 Å². The van der Waals surface area contributed by atoms with Gasteiger partial charge in [0, 0.05) is 25.6 Å². The number of amides is 1. The summed E-state index contributed by atoms with van der Waals surface area (Å²) in [7, 11) is 1.75. The summed E-state index contributed by atoms with van der Waals surface area (Å²) < 4.78 is 0. The lowest BCUT2D eigenvalue weighted by molar-refractivity contribution is -0.118. The Hall–Kier alpha value is -2.34. The molecule has 0 saturated carbocycles. The lowest BCUT2D eigenvalue weighted by atomic mass is 10.1. The van der Waals surface area contributed by atoms with Gasteiger partial charge in [0.15, 0.2) is 0 Å². The Morgan fingerprint density at radius 2 is 1.89 bits per heavy atom. The van der Waals surface area contributed by atoms with Gasteiger partial charge in [-0.15, -0.1) is 0 Å². The molecule has 2 aromatic rings. The number of carbonyl (C=O) groups excluding carboxylic acids is 1. The normalized spacial score (nSPS) is 10.2. The van der Waals surface area contributed by atoms with Crippen LogP contribution in [0.1, 0.15) is 18.4 Å². The van der Waals surface area contributed by atoms with E-state index in [-0.39, 0.29) is 18.7 Å². The summed E-state index contributed by atoms with van der Waals surface area (Å²) in [5.41, 5.74) is 2.08. The summed E-state index contributed by atoms with van der Waals surface area (Å²) >= 11 is 0. The molecule has 0 aromatic heterocycles. The van der Waals surface area contributed by atoms with Gasteiger partial charge in [0.25, 0.3) is 0 Å². The summed E-state index contributed by atoms with van der Waals surface area (Å²) in [6.45, 7) is 2.06. The first-order valence-corrected chi connectivity index (χ1v) is 6.26. The Morgan fingerprint density at radius 1 is 1.21 bits per heavy atom. The Kier molecular flexibility index (Phi) is 3.82. The Bertz CT molecular complexity index is 655. The molecule has 0 N–H and O–H groups in total. The van der Waals surface area contributed by atoms with E-state index in [1.54, 1.807) is 11.9 Å². The fourth-order valence-electron chi connectivity index (χ4n) is 2.04. The molecule has 0 radical (unpaired) electrons. The van der Waals surface area contributed by atoms with Gasteiger partial charge in [-0.25, -0.2) is 0 Å². The quantitative estimate of drug-likeness (QED) is 0.840. The van der Waals surface area contributed by atoms with Crippen LogP contribution < -0.4 is 4.90 Å². The zero-order valence-electron chi connectivity index (χ0n) is 11.2. The lowest BCUT2D eigenvalue weighted by Gasteiger charge is -2.17. The predicted molar refractivity (Wildman–Crippen MR) is 76.9 cm³/mol. The molecule has 0 aliphatic carbocycles. The Labute approximate surface area is 113 Å². The van der Waals surface area contributed by atoms with Gasteiger partial charge in [0.1, 0.15) is 0 Å². The lowest BCUT2D eigenvalue weighted by Crippen LogP contribution is -2.25. The van der Waals surface area contributed by atoms with Crippen molar-refractivity contribution in [1.29, 1.82) is 5.26 Å². The highest BCUT2D eigenvalue weighted by molar-refractivity contribution is 5.96. The van der Waals surface area contributed by atoms with Gasteiger partial charge in [-0.1, -0.05) is 29.8 Å². The van der Waals surface area contributed by atoms with E-state index in [1.807, 2.05) is 24.3 Å². The maximum absolute atomic E-state index is 11.9. The van der Waals surface area contributed by atoms with Gasteiger partial charge in [-0.05, 0) is 29.8 Å². The van der Waals surface area contributed by atoms with Crippen molar-refractivity contribution < 1.29 is 4.79 Å². The fraction of sp³-hybridized carbons (Fsp3) is 0.250. The molecule has 0 unspecified atom stereocenters. The molecule has 2 rings (SSSR count). The standard InChI is InChI=1S/C16H16N2O/c1-12-5-6-14-11-15(8-7-13(14)10-12)18(2)16(19)4-3-9-17/h5-8,10-11H,3-4H2,1-2H3. The summed E-state index contributed by atoms with van der Waals surface area (Å²) in [5, 5.41) is 10.8. The topological polar surface area (TPSA) is 44.1 Å². The number of nitriles is 1. The van der Waals surface area contributed by atoms with Crippen LogP contribution in [0, 0.1) is 18.3 Å². The molecule has 0 aliphatic rings. The first kappa shape index (κ1) is 13.1. The first-order valence-electron chi connectivity index (χ1n) is 6.26. The second-order valence-corrected chi connectivity index (χ2v) is 4.65. The largest absolute Gasteiger partial charge is 0.315 e. The highest BCUT2D eigenvalue weighted by Gasteiger charge is 2.10. The highest BCUT2D eigenvalue weighted by atomic mass is 16.2. The van der Waals surface area contributed by atoms with E-state index in [1.165, 1.54) is 10.9 Å². The molecule has 2 aromatic carbocycles. The van der Waals surface area contributed by atoms with Gasteiger partial charge >= 0.3 is 0 Å². The van der Waals surface area contributed by atoms with Gasteiger partial charge in [0.2, 0.25) is 5.91 Å². The van der Waals surface area contributed by atoms with E-state index in [0.29, 0.717) is 0 Å². The molecule has 0 atom stereocenters. The van der Waals surface area contributed by atoms with Crippen molar-refractivity contribution >= 4 is 22.4 Å². The van der Waals surface area contributed by atoms with Crippen LogP contribution in [0.15, 0.2) is 36.4 Å². The Morgan fingerprint density at radius 3 is 2.63 bits per heavy atom. The molecule has 19 heavy (non-hydrogen) atoms. The second kappa shape index (κ2) is 5.53. The number of benzene rings is 2. The molecule has 1 amide bonds. The number of carbonyl (C=O) groups is 1. The monoisotopic (exact) mass is 252 g/mol. The summed E-state index contributed by atoms with van der Waals surface area (Å²) in [6.07, 6.45) is 0.523. The van der Waals surface area contributed by atoms with Crippen LogP contribution in [-0.2, 0) is 4.79 Å². The molecule has 3 heteroatoms. The number of rotatable bonds is 3. The molecule has 0 fully saturated rings. The second-order valence-electron chi connectivity index (χ2n) is 4.65. The third kappa shape index (κ3) is 2.92. The molecule has 0 aliphatic heterocycles. The minimum atomic E-state index is -0.0342. The summed E-state index contributed by atoms with van der Waals surface area (Å²) in [5.74, 6) is -0.0342. The SMILES string of the molecule is Cc1ccc2cc(N(C)C(=O)CCC#N)ccc2c1. The van der Waals surface area contributed by atoms with Crippen LogP contribution >= 0.6 is 0 Å². The van der Waals surface area contributed by atoms with Gasteiger partial charge in [-0.2, -0.15) is 5.26 Å². The van der Waals surface area contributed by atoms with Crippen molar-refractivity contribution in [2.75, 3.05) is 11.9 Å². The van der Waals surface area contributed by atoms with Crippen LogP contribution in [0.25, 0.3) is 10.8 Å². The summed E-state index contributed by atoms with van der Waals surface area (Å²) in [4.78, 5) is 13.5. The predicted octanol–water partition coefficient (Wildman–Crippen LogP) is 3.41. The van der Waals surface area contributed by atoms with Crippen LogP contribution in [0.5, 0.6) is 0 Å². The van der Waals surface area contributed by atoms with E-state index in [9.17, 15) is 4.79 Å². The molecule has 0 heterocycles. The molecule has 96 valence electrons. The first-order chi connectivity index (χ1) is 9.11. The molecule has 0 saturated heterocycles. The maximum atomic E-state index is 11.9. The number of anilines is 1.